The Balaban J connectivity index is 1.95. The molecule has 6 unspecified atom stereocenters. The van der Waals surface area contributed by atoms with Crippen molar-refractivity contribution < 1.29 is 14.6 Å². The third-order valence-electron chi connectivity index (χ3n) is 5.05. The van der Waals surface area contributed by atoms with Crippen molar-refractivity contribution in [2.45, 2.75) is 39.2 Å². The van der Waals surface area contributed by atoms with E-state index in [-0.39, 0.29) is 12.4 Å². The van der Waals surface area contributed by atoms with Gasteiger partial charge in [-0.15, -0.1) is 0 Å². The lowest BCUT2D eigenvalue weighted by Gasteiger charge is -2.34. The van der Waals surface area contributed by atoms with E-state index in [1.807, 2.05) is 0 Å². The molecule has 0 aromatic carbocycles. The Kier molecular flexibility index (Phi) is 3.24. The summed E-state index contributed by atoms with van der Waals surface area (Å²) in [6, 6.07) is 0. The smallest absolute Gasteiger partial charge is 0.308 e. The predicted octanol–water partition coefficient (Wildman–Crippen LogP) is 1.84. The molecule has 16 heavy (non-hydrogen) atoms. The molecule has 0 aromatic heterocycles. The van der Waals surface area contributed by atoms with E-state index in [9.17, 15) is 9.90 Å². The molecule has 2 rings (SSSR count). The van der Waals surface area contributed by atoms with Crippen LogP contribution in [0, 0.1) is 29.6 Å². The van der Waals surface area contributed by atoms with Crippen molar-refractivity contribution in [3.05, 3.63) is 0 Å². The Hall–Kier alpha value is -0.570. The molecule has 2 bridgehead atoms. The molecule has 2 aliphatic rings. The highest BCUT2D eigenvalue weighted by atomic mass is 16.5. The van der Waals surface area contributed by atoms with Gasteiger partial charge in [0.25, 0.3) is 0 Å². The number of aliphatic hydroxyl groups excluding tert-OH is 1. The number of hydrogen-bond donors (Lipinski definition) is 1. The average molecular weight is 226 g/mol. The van der Waals surface area contributed by atoms with Crippen molar-refractivity contribution in [2.75, 3.05) is 7.11 Å². The van der Waals surface area contributed by atoms with E-state index in [2.05, 4.69) is 18.6 Å². The fourth-order valence-electron chi connectivity index (χ4n) is 3.85. The zero-order chi connectivity index (χ0) is 11.9. The Morgan fingerprint density at radius 1 is 1.38 bits per heavy atom. The zero-order valence-electron chi connectivity index (χ0n) is 10.3. The molecule has 0 heterocycles. The van der Waals surface area contributed by atoms with Gasteiger partial charge in [-0.1, -0.05) is 13.8 Å². The van der Waals surface area contributed by atoms with Crippen LogP contribution in [-0.2, 0) is 9.53 Å². The van der Waals surface area contributed by atoms with Crippen LogP contribution in [0.3, 0.4) is 0 Å². The maximum Gasteiger partial charge on any atom is 0.308 e. The number of carbonyl (C=O) groups excluding carboxylic acids is 1. The second-order valence-corrected chi connectivity index (χ2v) is 5.63. The topological polar surface area (TPSA) is 46.5 Å². The highest BCUT2D eigenvalue weighted by Crippen LogP contribution is 2.56. The molecule has 2 fully saturated rings. The lowest BCUT2D eigenvalue weighted by molar-refractivity contribution is -0.144. The third-order valence-corrected chi connectivity index (χ3v) is 5.05. The zero-order valence-corrected chi connectivity index (χ0v) is 10.3. The van der Waals surface area contributed by atoms with Crippen molar-refractivity contribution in [3.8, 4) is 0 Å². The van der Waals surface area contributed by atoms with Crippen LogP contribution in [-0.4, -0.2) is 24.3 Å². The van der Waals surface area contributed by atoms with Gasteiger partial charge in [-0.05, 0) is 42.4 Å². The second kappa shape index (κ2) is 4.36. The summed E-state index contributed by atoms with van der Waals surface area (Å²) in [5.74, 6) is 2.87. The SMILES string of the molecule is COC(=O)CC(O)C1CC2CC1C(C)C2C. The van der Waals surface area contributed by atoms with E-state index in [4.69, 9.17) is 0 Å². The summed E-state index contributed by atoms with van der Waals surface area (Å²) in [5.41, 5.74) is 0. The first kappa shape index (κ1) is 11.9. The lowest BCUT2D eigenvalue weighted by Crippen LogP contribution is -2.34. The van der Waals surface area contributed by atoms with Crippen molar-refractivity contribution in [2.24, 2.45) is 29.6 Å². The number of methoxy groups -OCH3 is 1. The lowest BCUT2D eigenvalue weighted by atomic mass is 9.73. The summed E-state index contributed by atoms with van der Waals surface area (Å²) >= 11 is 0. The summed E-state index contributed by atoms with van der Waals surface area (Å²) in [6.07, 6.45) is 1.99. The molecule has 0 aromatic rings. The summed E-state index contributed by atoms with van der Waals surface area (Å²) in [4.78, 5) is 11.1. The number of rotatable bonds is 3. The third kappa shape index (κ3) is 1.86. The normalized spacial score (nSPS) is 43.4. The summed E-state index contributed by atoms with van der Waals surface area (Å²) < 4.78 is 4.61. The molecular formula is C13H22O3. The van der Waals surface area contributed by atoms with Crippen LogP contribution in [0.15, 0.2) is 0 Å². The minimum absolute atomic E-state index is 0.158. The first-order chi connectivity index (χ1) is 7.54. The molecule has 0 radical (unpaired) electrons. The minimum atomic E-state index is -0.502. The van der Waals surface area contributed by atoms with Crippen LogP contribution in [0.25, 0.3) is 0 Å². The highest BCUT2D eigenvalue weighted by molar-refractivity contribution is 5.69. The quantitative estimate of drug-likeness (QED) is 0.747. The van der Waals surface area contributed by atoms with E-state index < -0.39 is 6.10 Å². The molecule has 2 aliphatic carbocycles. The Bertz CT molecular complexity index is 274. The monoisotopic (exact) mass is 226 g/mol. The maximum atomic E-state index is 11.1. The summed E-state index contributed by atoms with van der Waals surface area (Å²) in [5, 5.41) is 10.1. The molecule has 92 valence electrons. The van der Waals surface area contributed by atoms with Crippen LogP contribution in [0.4, 0.5) is 0 Å². The van der Waals surface area contributed by atoms with Crippen LogP contribution in [0.5, 0.6) is 0 Å². The van der Waals surface area contributed by atoms with Gasteiger partial charge in [0.2, 0.25) is 0 Å². The first-order valence-corrected chi connectivity index (χ1v) is 6.29. The molecule has 3 heteroatoms. The van der Waals surface area contributed by atoms with Gasteiger partial charge in [0.15, 0.2) is 0 Å². The molecular weight excluding hydrogens is 204 g/mol. The highest BCUT2D eigenvalue weighted by Gasteiger charge is 2.50. The van der Waals surface area contributed by atoms with Gasteiger partial charge in [0.05, 0.1) is 19.6 Å². The van der Waals surface area contributed by atoms with Crippen molar-refractivity contribution in [3.63, 3.8) is 0 Å². The molecule has 0 saturated heterocycles. The molecule has 3 nitrogen and oxygen atoms in total. The largest absolute Gasteiger partial charge is 0.469 e. The Morgan fingerprint density at radius 3 is 2.56 bits per heavy atom. The summed E-state index contributed by atoms with van der Waals surface area (Å²) in [6.45, 7) is 4.60. The van der Waals surface area contributed by atoms with Gasteiger partial charge < -0.3 is 9.84 Å². The summed E-state index contributed by atoms with van der Waals surface area (Å²) in [7, 11) is 1.38. The second-order valence-electron chi connectivity index (χ2n) is 5.63. The van der Waals surface area contributed by atoms with Gasteiger partial charge in [0, 0.05) is 0 Å². The fourth-order valence-corrected chi connectivity index (χ4v) is 3.85. The molecule has 6 atom stereocenters. The van der Waals surface area contributed by atoms with Gasteiger partial charge in [-0.3, -0.25) is 4.79 Å². The first-order valence-electron chi connectivity index (χ1n) is 6.29. The van der Waals surface area contributed by atoms with E-state index in [0.29, 0.717) is 17.8 Å². The van der Waals surface area contributed by atoms with Crippen molar-refractivity contribution >= 4 is 5.97 Å². The number of esters is 1. The standard InChI is InChI=1S/C13H22O3/c1-7-8(2)10-4-9(7)5-11(10)12(14)6-13(15)16-3/h7-12,14H,4-6H2,1-3H3. The number of carbonyl (C=O) groups is 1. The van der Waals surface area contributed by atoms with E-state index in [0.717, 1.165) is 18.3 Å². The average Bonchev–Trinajstić information content (AvgIpc) is 2.80. The van der Waals surface area contributed by atoms with Crippen LogP contribution in [0.2, 0.25) is 0 Å². The molecule has 0 aliphatic heterocycles. The van der Waals surface area contributed by atoms with Crippen LogP contribution >= 0.6 is 0 Å². The van der Waals surface area contributed by atoms with Gasteiger partial charge >= 0.3 is 5.97 Å². The van der Waals surface area contributed by atoms with Gasteiger partial charge in [-0.25, -0.2) is 0 Å². The van der Waals surface area contributed by atoms with Gasteiger partial charge in [0.1, 0.15) is 0 Å². The van der Waals surface area contributed by atoms with Crippen molar-refractivity contribution in [1.29, 1.82) is 0 Å². The minimum Gasteiger partial charge on any atom is -0.469 e. The van der Waals surface area contributed by atoms with E-state index in [1.165, 1.54) is 13.5 Å². The van der Waals surface area contributed by atoms with E-state index in [1.54, 1.807) is 0 Å². The number of aliphatic hydroxyl groups is 1. The number of hydrogen-bond acceptors (Lipinski definition) is 3. The maximum absolute atomic E-state index is 11.1. The molecule has 1 N–H and O–H groups in total. The van der Waals surface area contributed by atoms with E-state index >= 15 is 0 Å². The number of fused-ring (bicyclic) bond motifs is 2. The Morgan fingerprint density at radius 2 is 2.06 bits per heavy atom. The van der Waals surface area contributed by atoms with Crippen LogP contribution in [0.1, 0.15) is 33.1 Å². The molecule has 2 saturated carbocycles. The molecule has 0 spiro atoms. The van der Waals surface area contributed by atoms with Gasteiger partial charge in [-0.2, -0.15) is 0 Å². The fraction of sp³-hybridized carbons (Fsp3) is 0.923. The predicted molar refractivity (Wildman–Crippen MR) is 60.7 cm³/mol. The number of ether oxygens (including phenoxy) is 1. The Labute approximate surface area is 97.2 Å². The van der Waals surface area contributed by atoms with Crippen molar-refractivity contribution in [1.82, 2.24) is 0 Å². The van der Waals surface area contributed by atoms with Crippen LogP contribution < -0.4 is 0 Å². The molecule has 0 amide bonds.